The lowest BCUT2D eigenvalue weighted by Gasteiger charge is -2.22. The van der Waals surface area contributed by atoms with Crippen molar-refractivity contribution < 1.29 is 27.1 Å². The third kappa shape index (κ3) is 4.00. The number of halogens is 2. The Morgan fingerprint density at radius 3 is 2.57 bits per heavy atom. The minimum absolute atomic E-state index is 0.203. The Kier molecular flexibility index (Phi) is 4.97. The Morgan fingerprint density at radius 1 is 1.38 bits per heavy atom. The monoisotopic (exact) mass is 381 g/mol. The number of hydrogen-bond acceptors (Lipinski definition) is 5. The van der Waals surface area contributed by atoms with Gasteiger partial charge in [0.05, 0.1) is 28.1 Å². The van der Waals surface area contributed by atoms with Crippen LogP contribution in [0.4, 0.5) is 4.39 Å². The fourth-order valence-electron chi connectivity index (χ4n) is 1.90. The Bertz CT molecular complexity index is 658. The molecule has 0 saturated carbocycles. The molecule has 0 unspecified atom stereocenters. The Morgan fingerprint density at radius 2 is 2.00 bits per heavy atom. The van der Waals surface area contributed by atoms with Gasteiger partial charge < -0.3 is 9.47 Å². The second-order valence-electron chi connectivity index (χ2n) is 4.53. The van der Waals surface area contributed by atoms with Crippen LogP contribution in [-0.2, 0) is 19.5 Å². The van der Waals surface area contributed by atoms with E-state index in [0.717, 1.165) is 12.1 Å². The van der Waals surface area contributed by atoms with Crippen molar-refractivity contribution in [3.05, 3.63) is 28.0 Å². The van der Waals surface area contributed by atoms with Crippen LogP contribution in [0, 0.1) is 5.82 Å². The van der Waals surface area contributed by atoms with E-state index >= 15 is 0 Å². The number of primary sulfonamides is 1. The number of nitrogens with two attached hydrogens (primary N) is 1. The van der Waals surface area contributed by atoms with Gasteiger partial charge in [0, 0.05) is 12.8 Å². The zero-order chi connectivity index (χ0) is 15.6. The molecule has 0 bridgehead atoms. The molecule has 2 rings (SSSR count). The van der Waals surface area contributed by atoms with Crippen molar-refractivity contribution in [2.24, 2.45) is 5.14 Å². The van der Waals surface area contributed by atoms with E-state index in [9.17, 15) is 17.6 Å². The molecule has 1 aliphatic rings. The van der Waals surface area contributed by atoms with Crippen LogP contribution in [0.15, 0.2) is 21.5 Å². The fraction of sp³-hybridized carbons (Fsp3) is 0.417. The summed E-state index contributed by atoms with van der Waals surface area (Å²) in [6.45, 7) is 0.962. The molecule has 1 aromatic carbocycles. The first-order valence-corrected chi connectivity index (χ1v) is 8.43. The van der Waals surface area contributed by atoms with E-state index < -0.39 is 26.7 Å². The lowest BCUT2D eigenvalue weighted by atomic mass is 10.1. The summed E-state index contributed by atoms with van der Waals surface area (Å²) in [5.41, 5.74) is -0.203. The molecular formula is C12H13BrFNO5S. The van der Waals surface area contributed by atoms with Crippen LogP contribution in [0.3, 0.4) is 0 Å². The Labute approximate surface area is 129 Å². The molecule has 1 saturated heterocycles. The highest BCUT2D eigenvalue weighted by Gasteiger charge is 2.23. The topological polar surface area (TPSA) is 95.7 Å². The number of benzene rings is 1. The maximum Gasteiger partial charge on any atom is 0.338 e. The summed E-state index contributed by atoms with van der Waals surface area (Å²) in [4.78, 5) is 11.5. The van der Waals surface area contributed by atoms with Gasteiger partial charge in [-0.25, -0.2) is 22.7 Å². The number of hydrogen-bond donors (Lipinski definition) is 1. The molecule has 0 aliphatic carbocycles. The summed E-state index contributed by atoms with van der Waals surface area (Å²) in [5, 5.41) is 4.99. The van der Waals surface area contributed by atoms with E-state index in [1.807, 2.05) is 0 Å². The summed E-state index contributed by atoms with van der Waals surface area (Å²) < 4.78 is 46.5. The normalized spacial score (nSPS) is 16.7. The first kappa shape index (κ1) is 16.3. The summed E-state index contributed by atoms with van der Waals surface area (Å²) in [6, 6.07) is 1.89. The fourth-order valence-corrected chi connectivity index (χ4v) is 3.45. The van der Waals surface area contributed by atoms with Crippen molar-refractivity contribution in [3.8, 4) is 0 Å². The lowest BCUT2D eigenvalue weighted by Crippen LogP contribution is -2.26. The molecule has 6 nitrogen and oxygen atoms in total. The van der Waals surface area contributed by atoms with Crippen LogP contribution >= 0.6 is 15.9 Å². The second kappa shape index (κ2) is 6.39. The highest BCUT2D eigenvalue weighted by molar-refractivity contribution is 9.10. The maximum absolute atomic E-state index is 13.7. The first-order valence-electron chi connectivity index (χ1n) is 6.09. The molecule has 0 radical (unpaired) electrons. The van der Waals surface area contributed by atoms with Gasteiger partial charge in [0.25, 0.3) is 0 Å². The summed E-state index contributed by atoms with van der Waals surface area (Å²) in [5.74, 6) is -1.70. The van der Waals surface area contributed by atoms with Crippen LogP contribution < -0.4 is 5.14 Å². The molecule has 0 atom stereocenters. The molecule has 116 valence electrons. The van der Waals surface area contributed by atoms with E-state index in [1.54, 1.807) is 0 Å². The van der Waals surface area contributed by atoms with E-state index in [1.165, 1.54) is 0 Å². The van der Waals surface area contributed by atoms with Crippen molar-refractivity contribution in [1.82, 2.24) is 0 Å². The van der Waals surface area contributed by atoms with Crippen molar-refractivity contribution in [2.45, 2.75) is 23.8 Å². The van der Waals surface area contributed by atoms with Gasteiger partial charge in [-0.05, 0) is 28.1 Å². The highest BCUT2D eigenvalue weighted by Crippen LogP contribution is 2.26. The molecule has 21 heavy (non-hydrogen) atoms. The number of sulfonamides is 1. The van der Waals surface area contributed by atoms with Crippen LogP contribution in [-0.4, -0.2) is 33.7 Å². The number of ether oxygens (including phenoxy) is 2. The van der Waals surface area contributed by atoms with Gasteiger partial charge in [-0.15, -0.1) is 0 Å². The molecule has 0 amide bonds. The van der Waals surface area contributed by atoms with Gasteiger partial charge in [-0.1, -0.05) is 0 Å². The average Bonchev–Trinajstić information content (AvgIpc) is 2.41. The zero-order valence-electron chi connectivity index (χ0n) is 10.8. The summed E-state index contributed by atoms with van der Waals surface area (Å²) in [7, 11) is -4.16. The van der Waals surface area contributed by atoms with Gasteiger partial charge in [0.1, 0.15) is 11.9 Å². The lowest BCUT2D eigenvalue weighted by molar-refractivity contribution is -0.0159. The van der Waals surface area contributed by atoms with Gasteiger partial charge in [-0.2, -0.15) is 0 Å². The second-order valence-corrected chi connectivity index (χ2v) is 6.86. The third-order valence-corrected chi connectivity index (χ3v) is 4.98. The maximum atomic E-state index is 13.7. The van der Waals surface area contributed by atoms with Crippen molar-refractivity contribution in [2.75, 3.05) is 13.2 Å². The molecule has 1 aliphatic heterocycles. The molecule has 1 aromatic rings. The predicted octanol–water partition coefficient (Wildman–Crippen LogP) is 1.57. The van der Waals surface area contributed by atoms with Gasteiger partial charge in [-0.3, -0.25) is 0 Å². The Balaban J connectivity index is 2.27. The van der Waals surface area contributed by atoms with Crippen LogP contribution in [0.5, 0.6) is 0 Å². The molecule has 1 heterocycles. The molecule has 9 heteroatoms. The quantitative estimate of drug-likeness (QED) is 0.801. The van der Waals surface area contributed by atoms with Crippen molar-refractivity contribution in [1.29, 1.82) is 0 Å². The van der Waals surface area contributed by atoms with Crippen LogP contribution in [0.1, 0.15) is 23.2 Å². The van der Waals surface area contributed by atoms with Crippen LogP contribution in [0.2, 0.25) is 0 Å². The summed E-state index contributed by atoms with van der Waals surface area (Å²) >= 11 is 2.79. The average molecular weight is 382 g/mol. The zero-order valence-corrected chi connectivity index (χ0v) is 13.2. The first-order chi connectivity index (χ1) is 9.79. The van der Waals surface area contributed by atoms with E-state index in [0.29, 0.717) is 26.1 Å². The van der Waals surface area contributed by atoms with E-state index in [2.05, 4.69) is 15.9 Å². The molecule has 0 spiro atoms. The SMILES string of the molecule is NS(=O)(=O)c1cc(C(=O)OC2CCOCC2)cc(F)c1Br. The Hall–Kier alpha value is -1.03. The van der Waals surface area contributed by atoms with Gasteiger partial charge in [0.15, 0.2) is 0 Å². The van der Waals surface area contributed by atoms with E-state index in [-0.39, 0.29) is 16.1 Å². The number of esters is 1. The molecule has 2 N–H and O–H groups in total. The largest absolute Gasteiger partial charge is 0.459 e. The molecule has 1 fully saturated rings. The number of rotatable bonds is 3. The predicted molar refractivity (Wildman–Crippen MR) is 74.7 cm³/mol. The summed E-state index contributed by atoms with van der Waals surface area (Å²) in [6.07, 6.45) is 0.774. The van der Waals surface area contributed by atoms with Crippen LogP contribution in [0.25, 0.3) is 0 Å². The van der Waals surface area contributed by atoms with Gasteiger partial charge in [0.2, 0.25) is 10.0 Å². The molecular weight excluding hydrogens is 369 g/mol. The van der Waals surface area contributed by atoms with Crippen molar-refractivity contribution >= 4 is 31.9 Å². The standard InChI is InChI=1S/C12H13BrFNO5S/c13-11-9(14)5-7(6-10(11)21(15,17)18)12(16)20-8-1-3-19-4-2-8/h5-6,8H,1-4H2,(H2,15,17,18). The number of carbonyl (C=O) groups excluding carboxylic acids is 1. The number of carbonyl (C=O) groups is 1. The minimum Gasteiger partial charge on any atom is -0.459 e. The smallest absolute Gasteiger partial charge is 0.338 e. The highest BCUT2D eigenvalue weighted by atomic mass is 79.9. The molecule has 0 aromatic heterocycles. The van der Waals surface area contributed by atoms with Crippen molar-refractivity contribution in [3.63, 3.8) is 0 Å². The minimum atomic E-state index is -4.16. The van der Waals surface area contributed by atoms with E-state index in [4.69, 9.17) is 14.6 Å². The van der Waals surface area contributed by atoms with Gasteiger partial charge >= 0.3 is 5.97 Å². The third-order valence-electron chi connectivity index (χ3n) is 2.98.